The number of hydrogen-bond acceptors (Lipinski definition) is 5. The van der Waals surface area contributed by atoms with Crippen molar-refractivity contribution in [1.29, 1.82) is 0 Å². The number of likely N-dealkylation sites (tertiary alicyclic amines) is 1. The van der Waals surface area contributed by atoms with E-state index in [1.807, 2.05) is 0 Å². The lowest BCUT2D eigenvalue weighted by molar-refractivity contribution is -0.117. The van der Waals surface area contributed by atoms with E-state index in [9.17, 15) is 13.2 Å². The van der Waals surface area contributed by atoms with Crippen molar-refractivity contribution in [1.82, 2.24) is 9.62 Å². The Balaban J connectivity index is 1.62. The molecule has 1 saturated heterocycles. The van der Waals surface area contributed by atoms with Gasteiger partial charge in [-0.1, -0.05) is 13.0 Å². The Morgan fingerprint density at radius 2 is 2.19 bits per heavy atom. The fourth-order valence-corrected chi connectivity index (χ4v) is 4.55. The second kappa shape index (κ2) is 8.18. The third kappa shape index (κ3) is 5.04. The Morgan fingerprint density at radius 3 is 2.92 bits per heavy atom. The number of carbonyl (C=O) groups excluding carboxylic acids is 1. The lowest BCUT2D eigenvalue weighted by atomic mass is 10.0. The predicted octanol–water partition coefficient (Wildman–Crippen LogP) is 1.83. The van der Waals surface area contributed by atoms with Crippen LogP contribution >= 0.6 is 0 Å². The van der Waals surface area contributed by atoms with Crippen LogP contribution in [0.2, 0.25) is 0 Å². The summed E-state index contributed by atoms with van der Waals surface area (Å²) < 4.78 is 27.5. The highest BCUT2D eigenvalue weighted by molar-refractivity contribution is 7.90. The summed E-state index contributed by atoms with van der Waals surface area (Å²) in [7, 11) is -3.68. The molecule has 1 fully saturated rings. The Kier molecular flexibility index (Phi) is 5.93. The lowest BCUT2D eigenvalue weighted by Gasteiger charge is -2.30. The fraction of sp³-hybridized carbons (Fsp3) is 0.556. The van der Waals surface area contributed by atoms with E-state index in [0.717, 1.165) is 25.9 Å². The molecule has 7 nitrogen and oxygen atoms in total. The Morgan fingerprint density at radius 1 is 1.35 bits per heavy atom. The van der Waals surface area contributed by atoms with Crippen LogP contribution in [0.5, 0.6) is 0 Å². The molecule has 1 aromatic carbocycles. The van der Waals surface area contributed by atoms with Crippen molar-refractivity contribution in [2.75, 3.05) is 31.5 Å². The Labute approximate surface area is 154 Å². The molecule has 0 spiro atoms. The van der Waals surface area contributed by atoms with Crippen LogP contribution in [-0.4, -0.2) is 51.2 Å². The summed E-state index contributed by atoms with van der Waals surface area (Å²) in [6, 6.07) is 6.32. The van der Waals surface area contributed by atoms with Crippen molar-refractivity contribution >= 4 is 27.5 Å². The van der Waals surface area contributed by atoms with Crippen LogP contribution in [0, 0.1) is 5.92 Å². The molecule has 1 amide bonds. The zero-order valence-corrected chi connectivity index (χ0v) is 15.9. The van der Waals surface area contributed by atoms with E-state index >= 15 is 0 Å². The molecule has 0 bridgehead atoms. The van der Waals surface area contributed by atoms with Gasteiger partial charge < -0.3 is 5.32 Å². The molecular weight excluding hydrogens is 352 g/mol. The Hall–Kier alpha value is -1.93. The molecule has 1 unspecified atom stereocenters. The van der Waals surface area contributed by atoms with Gasteiger partial charge in [-0.05, 0) is 49.9 Å². The highest BCUT2D eigenvalue weighted by Crippen LogP contribution is 2.18. The number of piperidine rings is 1. The monoisotopic (exact) mass is 378 g/mol. The van der Waals surface area contributed by atoms with Gasteiger partial charge in [0.15, 0.2) is 0 Å². The number of anilines is 1. The highest BCUT2D eigenvalue weighted by Gasteiger charge is 2.20. The number of rotatable bonds is 5. The maximum atomic E-state index is 12.5. The van der Waals surface area contributed by atoms with Crippen molar-refractivity contribution in [2.45, 2.75) is 37.5 Å². The molecule has 2 aliphatic rings. The first-order valence-electron chi connectivity index (χ1n) is 9.11. The number of sulfonamides is 1. The van der Waals surface area contributed by atoms with Crippen LogP contribution in [0.15, 0.2) is 34.2 Å². The van der Waals surface area contributed by atoms with Gasteiger partial charge in [0.05, 0.1) is 11.4 Å². The molecule has 0 saturated carbocycles. The SMILES string of the molecule is CC1CCCN(CC(=O)Nc2cccc(S(=O)(=O)NC3=NCCC3)c2)C1. The quantitative estimate of drug-likeness (QED) is 0.818. The van der Waals surface area contributed by atoms with Crippen LogP contribution in [0.3, 0.4) is 0 Å². The van der Waals surface area contributed by atoms with Crippen LogP contribution in [0.4, 0.5) is 5.69 Å². The number of nitrogens with one attached hydrogen (secondary N) is 2. The normalized spacial score (nSPS) is 21.3. The lowest BCUT2D eigenvalue weighted by Crippen LogP contribution is -2.39. The van der Waals surface area contributed by atoms with E-state index in [1.54, 1.807) is 12.1 Å². The molecule has 0 radical (unpaired) electrons. The molecular formula is C18H26N4O3S. The Bertz CT molecular complexity index is 791. The fourth-order valence-electron chi connectivity index (χ4n) is 3.41. The second-order valence-electron chi connectivity index (χ2n) is 7.10. The third-order valence-corrected chi connectivity index (χ3v) is 6.04. The van der Waals surface area contributed by atoms with Crippen molar-refractivity contribution in [3.63, 3.8) is 0 Å². The highest BCUT2D eigenvalue weighted by atomic mass is 32.2. The summed E-state index contributed by atoms with van der Waals surface area (Å²) >= 11 is 0. The van der Waals surface area contributed by atoms with Crippen molar-refractivity contribution < 1.29 is 13.2 Å². The number of aliphatic imine (C=N–C) groups is 1. The van der Waals surface area contributed by atoms with Gasteiger partial charge in [0.25, 0.3) is 10.0 Å². The maximum absolute atomic E-state index is 12.5. The van der Waals surface area contributed by atoms with Gasteiger partial charge in [-0.3, -0.25) is 19.4 Å². The molecule has 142 valence electrons. The summed E-state index contributed by atoms with van der Waals surface area (Å²) in [6.07, 6.45) is 3.82. The topological polar surface area (TPSA) is 90.9 Å². The number of nitrogens with zero attached hydrogens (tertiary/aromatic N) is 2. The van der Waals surface area contributed by atoms with E-state index in [-0.39, 0.29) is 10.8 Å². The van der Waals surface area contributed by atoms with Gasteiger partial charge in [0, 0.05) is 25.2 Å². The van der Waals surface area contributed by atoms with E-state index in [1.165, 1.54) is 18.6 Å². The summed E-state index contributed by atoms with van der Waals surface area (Å²) in [6.45, 7) is 5.03. The van der Waals surface area contributed by atoms with Gasteiger partial charge in [-0.25, -0.2) is 8.42 Å². The van der Waals surface area contributed by atoms with Gasteiger partial charge in [0.1, 0.15) is 5.84 Å². The number of hydrogen-bond donors (Lipinski definition) is 2. The average molecular weight is 378 g/mol. The van der Waals surface area contributed by atoms with E-state index in [4.69, 9.17) is 0 Å². The minimum atomic E-state index is -3.68. The largest absolute Gasteiger partial charge is 0.325 e. The minimum absolute atomic E-state index is 0.122. The summed E-state index contributed by atoms with van der Waals surface area (Å²) in [5.41, 5.74) is 0.483. The zero-order valence-electron chi connectivity index (χ0n) is 15.1. The first-order chi connectivity index (χ1) is 12.4. The van der Waals surface area contributed by atoms with Crippen molar-refractivity contribution in [2.24, 2.45) is 10.9 Å². The first kappa shape index (κ1) is 18.8. The molecule has 2 aliphatic heterocycles. The van der Waals surface area contributed by atoms with Crippen molar-refractivity contribution in [3.05, 3.63) is 24.3 Å². The molecule has 1 atom stereocenters. The van der Waals surface area contributed by atoms with Crippen LogP contribution in [0.25, 0.3) is 0 Å². The zero-order chi connectivity index (χ0) is 18.6. The van der Waals surface area contributed by atoms with E-state index in [0.29, 0.717) is 37.0 Å². The molecule has 2 N–H and O–H groups in total. The number of amidine groups is 1. The molecule has 0 aliphatic carbocycles. The smallest absolute Gasteiger partial charge is 0.262 e. The summed E-state index contributed by atoms with van der Waals surface area (Å²) in [5.74, 6) is 0.982. The molecule has 0 aromatic heterocycles. The number of amides is 1. The van der Waals surface area contributed by atoms with Gasteiger partial charge >= 0.3 is 0 Å². The molecule has 8 heteroatoms. The molecule has 1 aromatic rings. The average Bonchev–Trinajstić information content (AvgIpc) is 3.07. The second-order valence-corrected chi connectivity index (χ2v) is 8.78. The maximum Gasteiger partial charge on any atom is 0.262 e. The van der Waals surface area contributed by atoms with Crippen LogP contribution in [0.1, 0.15) is 32.6 Å². The number of benzene rings is 1. The van der Waals surface area contributed by atoms with Gasteiger partial charge in [-0.2, -0.15) is 0 Å². The predicted molar refractivity (Wildman–Crippen MR) is 102 cm³/mol. The molecule has 3 rings (SSSR count). The third-order valence-electron chi connectivity index (χ3n) is 4.66. The minimum Gasteiger partial charge on any atom is -0.325 e. The van der Waals surface area contributed by atoms with Crippen LogP contribution in [-0.2, 0) is 14.8 Å². The first-order valence-corrected chi connectivity index (χ1v) is 10.6. The standard InChI is InChI=1S/C18H26N4O3S/c1-14-5-4-10-22(12-14)13-18(23)20-15-6-2-7-16(11-15)26(24,25)21-17-8-3-9-19-17/h2,6-7,11,14H,3-5,8-10,12-13H2,1H3,(H,19,21)(H,20,23). The van der Waals surface area contributed by atoms with E-state index in [2.05, 4.69) is 26.9 Å². The van der Waals surface area contributed by atoms with Gasteiger partial charge in [-0.15, -0.1) is 0 Å². The molecule has 2 heterocycles. The van der Waals surface area contributed by atoms with Crippen LogP contribution < -0.4 is 10.0 Å². The summed E-state index contributed by atoms with van der Waals surface area (Å²) in [4.78, 5) is 18.7. The van der Waals surface area contributed by atoms with E-state index < -0.39 is 10.0 Å². The van der Waals surface area contributed by atoms with Gasteiger partial charge in [0.2, 0.25) is 5.91 Å². The van der Waals surface area contributed by atoms with Crippen molar-refractivity contribution in [3.8, 4) is 0 Å². The molecule has 26 heavy (non-hydrogen) atoms. The summed E-state index contributed by atoms with van der Waals surface area (Å²) in [5, 5.41) is 2.81. The number of carbonyl (C=O) groups is 1.